The number of carbonyl (C=O) groups excluding carboxylic acids is 1. The highest BCUT2D eigenvalue weighted by Gasteiger charge is 2.45. The van der Waals surface area contributed by atoms with E-state index in [1.165, 1.54) is 33.4 Å². The second-order valence-electron chi connectivity index (χ2n) is 10.0. The van der Waals surface area contributed by atoms with E-state index in [-0.39, 0.29) is 28.6 Å². The molecule has 1 amide bonds. The molecule has 36 heavy (non-hydrogen) atoms. The zero-order chi connectivity index (χ0) is 26.6. The zero-order valence-electron chi connectivity index (χ0n) is 20.8. The molecule has 10 nitrogen and oxygen atoms in total. The van der Waals surface area contributed by atoms with Gasteiger partial charge < -0.3 is 15.2 Å². The number of benzene rings is 1. The third kappa shape index (κ3) is 4.73. The maximum atomic E-state index is 14.9. The predicted molar refractivity (Wildman–Crippen MR) is 136 cm³/mol. The maximum Gasteiger partial charge on any atom is 0.334 e. The molecule has 0 aliphatic carbocycles. The van der Waals surface area contributed by atoms with Gasteiger partial charge in [0.2, 0.25) is 5.88 Å². The number of nitrogens with zero attached hydrogens (tertiary/aromatic N) is 3. The molecule has 2 aromatic heterocycles. The molecule has 4 rings (SSSR count). The van der Waals surface area contributed by atoms with Crippen LogP contribution in [-0.2, 0) is 0 Å². The molecule has 1 fully saturated rings. The maximum absolute atomic E-state index is 14.9. The first-order chi connectivity index (χ1) is 16.7. The van der Waals surface area contributed by atoms with Gasteiger partial charge in [0.1, 0.15) is 0 Å². The van der Waals surface area contributed by atoms with Crippen molar-refractivity contribution < 1.29 is 28.1 Å². The summed E-state index contributed by atoms with van der Waals surface area (Å²) in [6.45, 7) is 8.56. The molecule has 1 atom stereocenters. The number of aromatic nitrogens is 3. The largest absolute Gasteiger partial charge is 0.478 e. The summed E-state index contributed by atoms with van der Waals surface area (Å²) in [4.78, 5) is 30.6. The van der Waals surface area contributed by atoms with Crippen LogP contribution in [0.1, 0.15) is 51.0 Å². The van der Waals surface area contributed by atoms with Gasteiger partial charge in [0, 0.05) is 11.6 Å². The Labute approximate surface area is 209 Å². The molecule has 1 saturated heterocycles. The van der Waals surface area contributed by atoms with E-state index >= 15 is 0 Å². The lowest BCUT2D eigenvalue weighted by molar-refractivity contribution is 0.0307. The fraction of sp³-hybridized carbons (Fsp3) is 0.458. The summed E-state index contributed by atoms with van der Waals surface area (Å²) in [5.74, 6) is -0.921. The van der Waals surface area contributed by atoms with Crippen molar-refractivity contribution in [2.75, 3.05) is 18.1 Å². The van der Waals surface area contributed by atoms with Crippen LogP contribution >= 0.6 is 10.6 Å². The summed E-state index contributed by atoms with van der Waals surface area (Å²) in [6, 6.07) is 5.15. The van der Waals surface area contributed by atoms with Crippen molar-refractivity contribution in [3.05, 3.63) is 52.3 Å². The minimum absolute atomic E-state index is 0.0638. The van der Waals surface area contributed by atoms with Crippen LogP contribution in [-0.4, -0.2) is 63.5 Å². The van der Waals surface area contributed by atoms with Crippen LogP contribution in [0.2, 0.25) is 0 Å². The van der Waals surface area contributed by atoms with Crippen molar-refractivity contribution in [2.24, 2.45) is 0 Å². The van der Waals surface area contributed by atoms with Crippen LogP contribution in [0.3, 0.4) is 0 Å². The van der Waals surface area contributed by atoms with Gasteiger partial charge in [-0.05, 0) is 52.8 Å². The fourth-order valence-electron chi connectivity index (χ4n) is 4.49. The molecule has 0 saturated carbocycles. The highest BCUT2D eigenvalue weighted by molar-refractivity contribution is 8.25. The number of imidazole rings is 1. The predicted octanol–water partition coefficient (Wildman–Crippen LogP) is 3.31. The number of ether oxygens (including phenoxy) is 1. The number of nitrogens with one attached hydrogen (secondary N) is 1. The van der Waals surface area contributed by atoms with E-state index in [4.69, 9.17) is 4.74 Å². The highest BCUT2D eigenvalue weighted by Crippen LogP contribution is 2.53. The monoisotopic (exact) mass is 522 g/mol. The zero-order valence-corrected chi connectivity index (χ0v) is 21.6. The van der Waals surface area contributed by atoms with Crippen LogP contribution in [0.25, 0.3) is 16.7 Å². The Bertz CT molecular complexity index is 1390. The van der Waals surface area contributed by atoms with E-state index in [2.05, 4.69) is 10.3 Å². The van der Waals surface area contributed by atoms with Crippen molar-refractivity contribution in [3.8, 4) is 11.6 Å². The number of aliphatic hydroxyl groups is 1. The SMILES string of the molecule is CCOc1cc(-n2c(=O)n(C(C)C(C)(C)O)c3cc(C(=O)NC4(C)CS(O)(O)C4)ccc32)c(F)cn1. The molecule has 3 aromatic rings. The minimum atomic E-state index is -2.67. The van der Waals surface area contributed by atoms with Gasteiger partial charge >= 0.3 is 5.69 Å². The van der Waals surface area contributed by atoms with Gasteiger partial charge in [0.25, 0.3) is 5.91 Å². The topological polar surface area (TPSA) is 139 Å². The standard InChI is InChI=1S/C24H31FN4O6S/c1-6-35-20-10-18(16(25)11-26-20)29-17-8-7-15(21(30)27-24(5)12-36(33,34)13-24)9-19(17)28(22(29)31)14(2)23(3,4)32/h7-11,14,32-34H,6,12-13H2,1-5H3,(H,27,30). The van der Waals surface area contributed by atoms with E-state index in [9.17, 15) is 28.2 Å². The van der Waals surface area contributed by atoms with Gasteiger partial charge in [-0.15, -0.1) is 0 Å². The van der Waals surface area contributed by atoms with E-state index in [1.54, 1.807) is 34.6 Å². The number of hydrogen-bond donors (Lipinski definition) is 4. The lowest BCUT2D eigenvalue weighted by atomic mass is 10.0. The summed E-state index contributed by atoms with van der Waals surface area (Å²) in [5.41, 5.74) is -1.89. The molecule has 0 bridgehead atoms. The van der Waals surface area contributed by atoms with Gasteiger partial charge in [-0.2, -0.15) is 10.6 Å². The van der Waals surface area contributed by atoms with Crippen LogP contribution < -0.4 is 15.7 Å². The van der Waals surface area contributed by atoms with Crippen molar-refractivity contribution >= 4 is 27.5 Å². The number of amides is 1. The average Bonchev–Trinajstić information content (AvgIpc) is 3.03. The molecule has 12 heteroatoms. The first-order valence-corrected chi connectivity index (χ1v) is 13.4. The molecule has 0 spiro atoms. The Morgan fingerprint density at radius 3 is 2.56 bits per heavy atom. The minimum Gasteiger partial charge on any atom is -0.478 e. The average molecular weight is 523 g/mol. The highest BCUT2D eigenvalue weighted by atomic mass is 32.3. The summed E-state index contributed by atoms with van der Waals surface area (Å²) in [5, 5.41) is 13.5. The Morgan fingerprint density at radius 1 is 1.31 bits per heavy atom. The summed E-state index contributed by atoms with van der Waals surface area (Å²) in [6.07, 6.45) is 0.973. The molecule has 0 radical (unpaired) electrons. The second-order valence-corrected chi connectivity index (χ2v) is 12.2. The van der Waals surface area contributed by atoms with E-state index in [0.29, 0.717) is 17.6 Å². The van der Waals surface area contributed by atoms with Gasteiger partial charge in [0.15, 0.2) is 5.82 Å². The molecular weight excluding hydrogens is 491 g/mol. The molecule has 4 N–H and O–H groups in total. The third-order valence-corrected chi connectivity index (χ3v) is 8.60. The molecular formula is C24H31FN4O6S. The first-order valence-electron chi connectivity index (χ1n) is 11.5. The number of carbonyl (C=O) groups is 1. The van der Waals surface area contributed by atoms with Crippen LogP contribution in [0, 0.1) is 5.82 Å². The summed E-state index contributed by atoms with van der Waals surface area (Å²) >= 11 is 0. The Hall–Kier alpha value is -2.93. The van der Waals surface area contributed by atoms with Gasteiger partial charge in [-0.1, -0.05) is 0 Å². The van der Waals surface area contributed by atoms with Crippen molar-refractivity contribution in [1.29, 1.82) is 0 Å². The normalized spacial score (nSPS) is 18.4. The Morgan fingerprint density at radius 2 is 1.97 bits per heavy atom. The quantitative estimate of drug-likeness (QED) is 0.373. The van der Waals surface area contributed by atoms with Crippen LogP contribution in [0.4, 0.5) is 4.39 Å². The van der Waals surface area contributed by atoms with E-state index in [1.807, 2.05) is 0 Å². The second kappa shape index (κ2) is 8.87. The molecule has 1 aromatic carbocycles. The Balaban J connectivity index is 1.87. The first kappa shape index (κ1) is 26.1. The number of rotatable bonds is 7. The lowest BCUT2D eigenvalue weighted by Gasteiger charge is -2.54. The molecule has 1 unspecified atom stereocenters. The molecule has 1 aliphatic rings. The van der Waals surface area contributed by atoms with Crippen LogP contribution in [0.15, 0.2) is 35.3 Å². The van der Waals surface area contributed by atoms with E-state index < -0.39 is 45.2 Å². The number of halogens is 1. The molecule has 1 aliphatic heterocycles. The van der Waals surface area contributed by atoms with Crippen molar-refractivity contribution in [2.45, 2.75) is 51.8 Å². The smallest absolute Gasteiger partial charge is 0.334 e. The lowest BCUT2D eigenvalue weighted by Crippen LogP contribution is -2.61. The van der Waals surface area contributed by atoms with E-state index in [0.717, 1.165) is 6.20 Å². The van der Waals surface area contributed by atoms with Gasteiger partial charge in [-0.3, -0.25) is 23.0 Å². The number of fused-ring (bicyclic) bond motifs is 1. The fourth-order valence-corrected chi connectivity index (χ4v) is 6.59. The number of hydrogen-bond acceptors (Lipinski definition) is 7. The van der Waals surface area contributed by atoms with Crippen LogP contribution in [0.5, 0.6) is 5.88 Å². The van der Waals surface area contributed by atoms with Gasteiger partial charge in [0.05, 0.1) is 58.2 Å². The van der Waals surface area contributed by atoms with Gasteiger partial charge in [-0.25, -0.2) is 14.2 Å². The number of pyridine rings is 1. The van der Waals surface area contributed by atoms with Crippen molar-refractivity contribution in [3.63, 3.8) is 0 Å². The van der Waals surface area contributed by atoms with Crippen molar-refractivity contribution in [1.82, 2.24) is 19.4 Å². The summed E-state index contributed by atoms with van der Waals surface area (Å²) in [7, 11) is -2.67. The third-order valence-electron chi connectivity index (χ3n) is 6.40. The Kier molecular flexibility index (Phi) is 6.44. The molecule has 3 heterocycles. The molecule has 196 valence electrons. The summed E-state index contributed by atoms with van der Waals surface area (Å²) < 4.78 is 42.3.